The van der Waals surface area contributed by atoms with Crippen molar-refractivity contribution in [3.05, 3.63) is 83.4 Å². The Morgan fingerprint density at radius 2 is 1.82 bits per heavy atom. The summed E-state index contributed by atoms with van der Waals surface area (Å²) >= 11 is 1.31. The van der Waals surface area contributed by atoms with Crippen LogP contribution in [0, 0.1) is 18.3 Å². The van der Waals surface area contributed by atoms with E-state index in [0.29, 0.717) is 33.1 Å². The van der Waals surface area contributed by atoms with E-state index >= 15 is 0 Å². The van der Waals surface area contributed by atoms with Crippen LogP contribution in [0.25, 0.3) is 10.2 Å². The van der Waals surface area contributed by atoms with Crippen molar-refractivity contribution < 1.29 is 23.9 Å². The number of thiophene rings is 1. The van der Waals surface area contributed by atoms with E-state index < -0.39 is 0 Å². The van der Waals surface area contributed by atoms with Crippen molar-refractivity contribution in [2.24, 2.45) is 0 Å². The molecule has 0 spiro atoms. The highest BCUT2D eigenvalue weighted by Crippen LogP contribution is 2.46. The van der Waals surface area contributed by atoms with Crippen molar-refractivity contribution in [1.29, 1.82) is 5.26 Å². The molecular formula is C38H41N7O5S. The number of nitrogens with zero attached hydrogens (tertiary/aromatic N) is 5. The summed E-state index contributed by atoms with van der Waals surface area (Å²) in [6.07, 6.45) is 6.48. The lowest BCUT2D eigenvalue weighted by atomic mass is 10.1. The highest BCUT2D eigenvalue weighted by atomic mass is 32.1. The molecule has 0 unspecified atom stereocenters. The summed E-state index contributed by atoms with van der Waals surface area (Å²) in [4.78, 5) is 58.2. The van der Waals surface area contributed by atoms with Gasteiger partial charge in [0.25, 0.3) is 5.91 Å². The van der Waals surface area contributed by atoms with Gasteiger partial charge in [-0.1, -0.05) is 24.8 Å². The minimum atomic E-state index is -0.315. The quantitative estimate of drug-likeness (QED) is 0.126. The number of pyridine rings is 1. The maximum Gasteiger partial charge on any atom is 0.331 e. The number of rotatable bonds is 6. The lowest BCUT2D eigenvalue weighted by Gasteiger charge is -2.31. The smallest absolute Gasteiger partial charge is 0.331 e. The van der Waals surface area contributed by atoms with E-state index in [9.17, 15) is 19.2 Å². The van der Waals surface area contributed by atoms with Gasteiger partial charge in [0.15, 0.2) is 6.29 Å². The van der Waals surface area contributed by atoms with E-state index in [1.165, 1.54) is 24.2 Å². The first-order valence-electron chi connectivity index (χ1n) is 16.7. The van der Waals surface area contributed by atoms with Crippen LogP contribution in [0.3, 0.4) is 0 Å². The average molecular weight is 708 g/mol. The van der Waals surface area contributed by atoms with Crippen molar-refractivity contribution in [3.63, 3.8) is 0 Å². The molecule has 0 radical (unpaired) electrons. The number of aromatic nitrogens is 1. The second kappa shape index (κ2) is 16.9. The topological polar surface area (TPSA) is 148 Å². The molecule has 4 aromatic rings. The number of aldehydes is 1. The predicted octanol–water partition coefficient (Wildman–Crippen LogP) is 6.80. The van der Waals surface area contributed by atoms with Crippen molar-refractivity contribution >= 4 is 62.7 Å². The number of ether oxygens (including phenoxy) is 1. The molecule has 2 aromatic heterocycles. The standard InChI is InChI=1S/C28H27N5O3S.C6H11NO.C4H3NO/c1-17-15-20(36-19-8-4-3-5-9-19)10-11-21(17)33-22-12-13-29-27-23(22)24(31-28(33)35)25(37-27)26(34)30-18-7-6-14-32(2)16-18;1-6(8)7-4-2-3-5-7;1-4(2-5)3-6/h3-5,8-13,15,18H,6-7,14,16H2,1-2H3,(H,30,34)(H,31,35);2-5H2,1H3;3H,1H2/t18-;;/m1../s1. The third-order valence-electron chi connectivity index (χ3n) is 8.64. The second-order valence-electron chi connectivity index (χ2n) is 12.5. The predicted molar refractivity (Wildman–Crippen MR) is 199 cm³/mol. The third-order valence-corrected chi connectivity index (χ3v) is 9.73. The first kappa shape index (κ1) is 36.7. The van der Waals surface area contributed by atoms with E-state index in [1.807, 2.05) is 66.4 Å². The van der Waals surface area contributed by atoms with Gasteiger partial charge >= 0.3 is 6.03 Å². The van der Waals surface area contributed by atoms with Crippen molar-refractivity contribution in [3.8, 4) is 17.6 Å². The number of hydrogen-bond donors (Lipinski definition) is 2. The zero-order valence-corrected chi connectivity index (χ0v) is 29.8. The van der Waals surface area contributed by atoms with Crippen LogP contribution in [-0.4, -0.2) is 78.2 Å². The van der Waals surface area contributed by atoms with Crippen LogP contribution in [0.1, 0.15) is 47.8 Å². The molecule has 0 aliphatic carbocycles. The molecule has 13 heteroatoms. The summed E-state index contributed by atoms with van der Waals surface area (Å²) in [5.41, 5.74) is 2.82. The number of likely N-dealkylation sites (N-methyl/N-ethyl adjacent to an activating group) is 1. The molecule has 2 N–H and O–H groups in total. The molecule has 3 aliphatic heterocycles. The Labute approximate surface area is 301 Å². The number of amides is 4. The van der Waals surface area contributed by atoms with E-state index in [1.54, 1.807) is 24.1 Å². The number of anilines is 3. The third kappa shape index (κ3) is 8.97. The molecule has 0 bridgehead atoms. The molecule has 2 saturated heterocycles. The van der Waals surface area contributed by atoms with Crippen molar-refractivity contribution in [1.82, 2.24) is 20.1 Å². The molecule has 264 valence electrons. The number of piperidine rings is 1. The molecule has 0 saturated carbocycles. The average Bonchev–Trinajstić information content (AvgIpc) is 3.80. The van der Waals surface area contributed by atoms with Gasteiger partial charge in [-0.15, -0.1) is 11.3 Å². The zero-order chi connectivity index (χ0) is 36.5. The van der Waals surface area contributed by atoms with Crippen LogP contribution in [0.5, 0.6) is 11.5 Å². The van der Waals surface area contributed by atoms with Crippen LogP contribution >= 0.6 is 11.3 Å². The Kier molecular flexibility index (Phi) is 12.2. The lowest BCUT2D eigenvalue weighted by molar-refractivity contribution is -0.127. The normalized spacial score (nSPS) is 16.4. The molecule has 3 aliphatic rings. The van der Waals surface area contributed by atoms with Gasteiger partial charge in [-0.05, 0) is 88.2 Å². The first-order chi connectivity index (χ1) is 24.6. The van der Waals surface area contributed by atoms with Gasteiger partial charge in [0.05, 0.1) is 28.0 Å². The van der Waals surface area contributed by atoms with Crippen LogP contribution in [0.4, 0.5) is 21.9 Å². The number of hydrogen-bond acceptors (Lipinski definition) is 9. The molecule has 12 nitrogen and oxygen atoms in total. The maximum atomic E-state index is 13.5. The number of nitrogens with one attached hydrogen (secondary N) is 2. The Morgan fingerprint density at radius 3 is 2.43 bits per heavy atom. The van der Waals surface area contributed by atoms with E-state index in [4.69, 9.17) is 10.00 Å². The summed E-state index contributed by atoms with van der Waals surface area (Å²) in [6.45, 7) is 10.5. The van der Waals surface area contributed by atoms with Crippen LogP contribution in [-0.2, 0) is 9.59 Å². The summed E-state index contributed by atoms with van der Waals surface area (Å²) < 4.78 is 5.97. The van der Waals surface area contributed by atoms with E-state index in [2.05, 4.69) is 34.1 Å². The maximum absolute atomic E-state index is 13.5. The Morgan fingerprint density at radius 1 is 1.08 bits per heavy atom. The van der Waals surface area contributed by atoms with Crippen LogP contribution in [0.2, 0.25) is 0 Å². The van der Waals surface area contributed by atoms with Crippen LogP contribution in [0.15, 0.2) is 72.9 Å². The van der Waals surface area contributed by atoms with Gasteiger partial charge in [-0.2, -0.15) is 5.26 Å². The molecule has 4 amide bonds. The molecule has 2 fully saturated rings. The Bertz CT molecular complexity index is 1970. The molecule has 2 aromatic carbocycles. The number of nitriles is 1. The van der Waals surface area contributed by atoms with Crippen LogP contribution < -0.4 is 20.3 Å². The van der Waals surface area contributed by atoms with Gasteiger partial charge in [-0.25, -0.2) is 9.78 Å². The van der Waals surface area contributed by atoms with Crippen molar-refractivity contribution in [2.45, 2.75) is 45.6 Å². The van der Waals surface area contributed by atoms with Gasteiger partial charge in [-0.3, -0.25) is 19.3 Å². The second-order valence-corrected chi connectivity index (χ2v) is 13.5. The largest absolute Gasteiger partial charge is 0.457 e. The number of benzene rings is 2. The number of allylic oxidation sites excluding steroid dienone is 1. The number of urea groups is 1. The summed E-state index contributed by atoms with van der Waals surface area (Å²) in [7, 11) is 2.06. The lowest BCUT2D eigenvalue weighted by Crippen LogP contribution is -2.46. The molecular weight excluding hydrogens is 667 g/mol. The zero-order valence-electron chi connectivity index (χ0n) is 29.0. The fourth-order valence-electron chi connectivity index (χ4n) is 6.14. The van der Waals surface area contributed by atoms with Gasteiger partial charge in [0, 0.05) is 38.8 Å². The minimum Gasteiger partial charge on any atom is -0.457 e. The number of aryl methyl sites for hydroxylation is 1. The Hall–Kier alpha value is -5.58. The summed E-state index contributed by atoms with van der Waals surface area (Å²) in [6, 6.07) is 18.4. The van der Waals surface area contributed by atoms with Crippen molar-refractivity contribution in [2.75, 3.05) is 43.4 Å². The highest BCUT2D eigenvalue weighted by Gasteiger charge is 2.34. The SMILES string of the molecule is C=C(C#N)C=O.CC(=O)N1CCCC1.Cc1cc(Oc2ccccc2)ccc1N1C(=O)Nc2c(C(=O)N[C@@H]3CCCN(C)C3)sc3nccc1c23. The molecule has 5 heterocycles. The fraction of sp³-hybridized carbons (Fsp3) is 0.316. The number of likely N-dealkylation sites (tertiary alicyclic amines) is 2. The Balaban J connectivity index is 0.000000302. The summed E-state index contributed by atoms with van der Waals surface area (Å²) in [5, 5.41) is 14.7. The molecule has 51 heavy (non-hydrogen) atoms. The molecule has 1 atom stereocenters. The van der Waals surface area contributed by atoms with E-state index in [-0.39, 0.29) is 29.5 Å². The number of carbonyl (C=O) groups is 4. The van der Waals surface area contributed by atoms with Gasteiger partial charge in [0.2, 0.25) is 5.91 Å². The van der Waals surface area contributed by atoms with E-state index in [0.717, 1.165) is 61.4 Å². The summed E-state index contributed by atoms with van der Waals surface area (Å²) in [5.74, 6) is 1.49. The number of carbonyl (C=O) groups excluding carboxylic acids is 4. The minimum absolute atomic E-state index is 0.0324. The monoisotopic (exact) mass is 707 g/mol. The highest BCUT2D eigenvalue weighted by molar-refractivity contribution is 7.21. The fourth-order valence-corrected chi connectivity index (χ4v) is 7.17. The number of para-hydroxylation sites is 1. The van der Waals surface area contributed by atoms with Gasteiger partial charge in [0.1, 0.15) is 27.3 Å². The molecule has 7 rings (SSSR count). The first-order valence-corrected chi connectivity index (χ1v) is 17.6. The van der Waals surface area contributed by atoms with Gasteiger partial charge < -0.3 is 25.2 Å².